The lowest BCUT2D eigenvalue weighted by molar-refractivity contribution is -0.140. The first-order chi connectivity index (χ1) is 15.0. The third kappa shape index (κ3) is 3.82. The minimum Gasteiger partial charge on any atom is -0.744 e. The molecule has 4 rings (SSSR count). The van der Waals surface area contributed by atoms with Gasteiger partial charge < -0.3 is 9.29 Å². The minimum absolute atomic E-state index is 0.639. The third-order valence-electron chi connectivity index (χ3n) is 5.09. The number of carbonyl (C=O) groups is 1. The molecule has 0 N–H and O–H groups in total. The minimum atomic E-state index is -6.02. The van der Waals surface area contributed by atoms with Crippen molar-refractivity contribution in [2.75, 3.05) is 6.26 Å². The Morgan fingerprint density at radius 3 is 2.06 bits per heavy atom. The number of thioether (sulfide) groups is 1. The van der Waals surface area contributed by atoms with Crippen LogP contribution in [0.2, 0.25) is 0 Å². The number of carbonyl (C=O) groups excluding carboxylic acids is 1. The maximum absolute atomic E-state index is 14.2. The summed E-state index contributed by atoms with van der Waals surface area (Å²) in [4.78, 5) is 10.2. The molecule has 3 aliphatic rings. The van der Waals surface area contributed by atoms with Crippen LogP contribution in [0, 0.1) is 29.2 Å². The summed E-state index contributed by atoms with van der Waals surface area (Å²) in [6, 6.07) is 0. The van der Waals surface area contributed by atoms with Crippen molar-refractivity contribution in [3.05, 3.63) is 23.3 Å². The van der Waals surface area contributed by atoms with Gasteiger partial charge in [0.2, 0.25) is 17.4 Å². The number of fused-ring (bicyclic) bond motifs is 1. The van der Waals surface area contributed by atoms with Crippen LogP contribution < -0.4 is 4.74 Å². The van der Waals surface area contributed by atoms with E-state index < -0.39 is 104 Å². The second kappa shape index (κ2) is 7.49. The lowest BCUT2D eigenvalue weighted by atomic mass is 9.85. The zero-order valence-electron chi connectivity index (χ0n) is 15.6. The summed E-state index contributed by atoms with van der Waals surface area (Å²) in [5.41, 5.74) is 0. The Morgan fingerprint density at radius 1 is 1.03 bits per heavy atom. The van der Waals surface area contributed by atoms with E-state index in [1.54, 1.807) is 0 Å². The van der Waals surface area contributed by atoms with E-state index in [0.717, 1.165) is 11.8 Å². The summed E-state index contributed by atoms with van der Waals surface area (Å²) < 4.78 is 151. The van der Waals surface area contributed by atoms with Gasteiger partial charge in [-0.15, -0.1) is 11.8 Å². The SMILES string of the molecule is CS(=O)(=O)OC1C2OS(=O)(=O)C3C2SC1C3C(=O)Oc1c(F)c(F)c(S(=O)(=O)[O-])c(F)c1F. The number of rotatable bonds is 5. The molecule has 3 fully saturated rings. The molecule has 3 aliphatic heterocycles. The molecule has 0 spiro atoms. The third-order valence-corrected chi connectivity index (χ3v) is 10.2. The van der Waals surface area contributed by atoms with Crippen LogP contribution in [0.15, 0.2) is 4.90 Å². The molecule has 0 radical (unpaired) electrons. The van der Waals surface area contributed by atoms with Gasteiger partial charge in [0, 0.05) is 0 Å². The Balaban J connectivity index is 1.74. The average Bonchev–Trinajstić information content (AvgIpc) is 3.24. The zero-order chi connectivity index (χ0) is 24.8. The van der Waals surface area contributed by atoms with Crippen molar-refractivity contribution in [3.8, 4) is 5.75 Å². The highest BCUT2D eigenvalue weighted by molar-refractivity contribution is 8.03. The summed E-state index contributed by atoms with van der Waals surface area (Å²) in [6.07, 6.45) is -2.17. The highest BCUT2D eigenvalue weighted by Crippen LogP contribution is 2.59. The van der Waals surface area contributed by atoms with E-state index in [4.69, 9.17) is 8.37 Å². The van der Waals surface area contributed by atoms with Gasteiger partial charge >= 0.3 is 5.97 Å². The van der Waals surface area contributed by atoms with Crippen LogP contribution in [0.4, 0.5) is 17.6 Å². The van der Waals surface area contributed by atoms with Gasteiger partial charge in [0.15, 0.2) is 11.6 Å². The van der Waals surface area contributed by atoms with Crippen molar-refractivity contribution in [2.24, 2.45) is 5.92 Å². The summed E-state index contributed by atoms with van der Waals surface area (Å²) in [5.74, 6) is -16.1. The van der Waals surface area contributed by atoms with E-state index in [1.807, 2.05) is 0 Å². The monoisotopic (exact) mass is 557 g/mol. The van der Waals surface area contributed by atoms with Crippen LogP contribution in [-0.4, -0.2) is 70.0 Å². The maximum atomic E-state index is 14.2. The molecule has 1 aromatic rings. The molecular formula is C14H9F4O11S4-. The average molecular weight is 557 g/mol. The van der Waals surface area contributed by atoms with Gasteiger partial charge in [-0.25, -0.2) is 17.2 Å². The van der Waals surface area contributed by atoms with E-state index in [9.17, 15) is 52.2 Å². The molecule has 6 atom stereocenters. The predicted octanol–water partition coefficient (Wildman–Crippen LogP) is -0.392. The van der Waals surface area contributed by atoms with Crippen molar-refractivity contribution in [2.45, 2.75) is 32.9 Å². The second-order valence-electron chi connectivity index (χ2n) is 7.16. The molecule has 0 aliphatic carbocycles. The molecule has 0 aromatic heterocycles. The summed E-state index contributed by atoms with van der Waals surface area (Å²) in [6.45, 7) is 0. The fourth-order valence-corrected chi connectivity index (χ4v) is 9.73. The molecular weight excluding hydrogens is 548 g/mol. The van der Waals surface area contributed by atoms with E-state index in [1.165, 1.54) is 0 Å². The summed E-state index contributed by atoms with van der Waals surface area (Å²) in [7, 11) is -14.7. The molecule has 2 bridgehead atoms. The van der Waals surface area contributed by atoms with Crippen LogP contribution >= 0.6 is 11.8 Å². The standard InChI is InChI=1S/C14H10F4O11S4/c1-31(20,21)28-8-9-11-12(33(25,26)29-9)2(10(8)30-11)14(19)27-7-3(15)5(17)13(32(22,23)24)6(18)4(7)16/h2,8-12H,1H3,(H,22,23,24)/p-1. The van der Waals surface area contributed by atoms with Gasteiger partial charge in [0.05, 0.1) is 22.7 Å². The Kier molecular flexibility index (Phi) is 5.59. The molecule has 6 unspecified atom stereocenters. The molecule has 0 saturated carbocycles. The highest BCUT2D eigenvalue weighted by Gasteiger charge is 2.73. The van der Waals surface area contributed by atoms with Crippen LogP contribution in [0.1, 0.15) is 0 Å². The number of benzene rings is 1. The van der Waals surface area contributed by atoms with Gasteiger partial charge in [0.1, 0.15) is 32.5 Å². The topological polar surface area (TPSA) is 170 Å². The van der Waals surface area contributed by atoms with Gasteiger partial charge in [-0.2, -0.15) is 25.6 Å². The van der Waals surface area contributed by atoms with Crippen LogP contribution in [-0.2, 0) is 43.5 Å². The second-order valence-corrected chi connectivity index (χ2v) is 13.2. The quantitative estimate of drug-likeness (QED) is 0.115. The first-order valence-electron chi connectivity index (χ1n) is 8.45. The largest absolute Gasteiger partial charge is 0.744 e. The number of esters is 1. The lowest BCUT2D eigenvalue weighted by Gasteiger charge is -2.28. The molecule has 33 heavy (non-hydrogen) atoms. The Hall–Kier alpha value is -1.51. The molecule has 184 valence electrons. The Morgan fingerprint density at radius 2 is 1.58 bits per heavy atom. The Labute approximate surface area is 187 Å². The van der Waals surface area contributed by atoms with Crippen molar-refractivity contribution in [3.63, 3.8) is 0 Å². The first-order valence-corrected chi connectivity index (χ1v) is 14.1. The summed E-state index contributed by atoms with van der Waals surface area (Å²) >= 11 is 0.778. The fourth-order valence-electron chi connectivity index (χ4n) is 3.98. The van der Waals surface area contributed by atoms with Gasteiger partial charge in [-0.3, -0.25) is 13.2 Å². The smallest absolute Gasteiger partial charge is 0.317 e. The molecule has 3 saturated heterocycles. The molecule has 1 aromatic carbocycles. The highest BCUT2D eigenvalue weighted by atomic mass is 32.2. The van der Waals surface area contributed by atoms with E-state index in [2.05, 4.69) is 4.74 Å². The number of hydrogen-bond acceptors (Lipinski definition) is 12. The zero-order valence-corrected chi connectivity index (χ0v) is 18.9. The molecule has 0 amide bonds. The van der Waals surface area contributed by atoms with E-state index in [0.29, 0.717) is 6.26 Å². The van der Waals surface area contributed by atoms with E-state index >= 15 is 0 Å². The van der Waals surface area contributed by atoms with Crippen molar-refractivity contribution < 1.29 is 65.3 Å². The van der Waals surface area contributed by atoms with Gasteiger partial charge in [-0.1, -0.05) is 0 Å². The number of ether oxygens (including phenoxy) is 1. The van der Waals surface area contributed by atoms with E-state index in [-0.39, 0.29) is 0 Å². The number of halogens is 4. The van der Waals surface area contributed by atoms with Crippen molar-refractivity contribution >= 4 is 48.1 Å². The van der Waals surface area contributed by atoms with Crippen LogP contribution in [0.5, 0.6) is 5.75 Å². The normalized spacial score (nSPS) is 32.3. The van der Waals surface area contributed by atoms with Crippen molar-refractivity contribution in [1.29, 1.82) is 0 Å². The predicted molar refractivity (Wildman–Crippen MR) is 95.8 cm³/mol. The van der Waals surface area contributed by atoms with Crippen LogP contribution in [0.3, 0.4) is 0 Å². The molecule has 11 nitrogen and oxygen atoms in total. The van der Waals surface area contributed by atoms with Gasteiger partial charge in [0.25, 0.3) is 20.2 Å². The maximum Gasteiger partial charge on any atom is 0.317 e. The fraction of sp³-hybridized carbons (Fsp3) is 0.500. The Bertz CT molecular complexity index is 1360. The van der Waals surface area contributed by atoms with Gasteiger partial charge in [-0.05, 0) is 0 Å². The lowest BCUT2D eigenvalue weighted by Crippen LogP contribution is -2.50. The van der Waals surface area contributed by atoms with Crippen LogP contribution in [0.25, 0.3) is 0 Å². The summed E-state index contributed by atoms with van der Waals surface area (Å²) in [5, 5.41) is -3.96. The number of hydrogen-bond donors (Lipinski definition) is 0. The van der Waals surface area contributed by atoms with Crippen molar-refractivity contribution in [1.82, 2.24) is 0 Å². The first kappa shape index (κ1) is 24.6. The molecule has 19 heteroatoms. The molecule has 3 heterocycles.